The largest absolute Gasteiger partial charge is 0.478 e. The number of nitrogen functional groups attached to an aromatic ring is 2. The van der Waals surface area contributed by atoms with E-state index in [-0.39, 0.29) is 35.4 Å². The lowest BCUT2D eigenvalue weighted by Crippen LogP contribution is -2.62. The molecule has 0 saturated carbocycles. The summed E-state index contributed by atoms with van der Waals surface area (Å²) in [6.45, 7) is 9.31. The number of fused-ring (bicyclic) bond motifs is 1. The fourth-order valence-electron chi connectivity index (χ4n) is 4.52. The fraction of sp³-hybridized carbons (Fsp3) is 0.462. The highest BCUT2D eigenvalue weighted by Gasteiger charge is 2.54. The highest BCUT2D eigenvalue weighted by atomic mass is 32.2. The molecule has 4 rings (SSSR count). The quantitative estimate of drug-likeness (QED) is 0.0651. The van der Waals surface area contributed by atoms with E-state index < -0.39 is 46.2 Å². The second kappa shape index (κ2) is 13.1. The molecule has 0 bridgehead atoms. The molecule has 2 aromatic rings. The molecule has 1 amide bonds. The van der Waals surface area contributed by atoms with E-state index in [1.165, 1.54) is 30.5 Å². The molecule has 19 heteroatoms. The maximum Gasteiger partial charge on any atom is 0.352 e. The number of thioether (sulfide) groups is 1. The molecule has 2 aliphatic heterocycles. The number of hydrogen-bond acceptors (Lipinski definition) is 14. The van der Waals surface area contributed by atoms with E-state index in [2.05, 4.69) is 31.7 Å². The molecular formula is C26H35N10O7S2+. The van der Waals surface area contributed by atoms with Gasteiger partial charge in [-0.25, -0.2) is 9.59 Å². The monoisotopic (exact) mass is 663 g/mol. The maximum atomic E-state index is 13.4. The van der Waals surface area contributed by atoms with E-state index in [1.807, 2.05) is 6.92 Å². The first-order chi connectivity index (χ1) is 21.2. The van der Waals surface area contributed by atoms with Crippen LogP contribution in [-0.2, 0) is 37.6 Å². The summed E-state index contributed by atoms with van der Waals surface area (Å²) in [5.74, 6) is -3.65. The van der Waals surface area contributed by atoms with Crippen molar-refractivity contribution in [1.82, 2.24) is 24.3 Å². The number of amides is 1. The van der Waals surface area contributed by atoms with Crippen molar-refractivity contribution in [2.45, 2.75) is 51.1 Å². The van der Waals surface area contributed by atoms with Crippen LogP contribution in [0.25, 0.3) is 0 Å². The summed E-state index contributed by atoms with van der Waals surface area (Å²) in [7, 11) is 1.73. The molecule has 0 unspecified atom stereocenters. The minimum absolute atomic E-state index is 0.0411. The predicted molar refractivity (Wildman–Crippen MR) is 166 cm³/mol. The number of carboxylic acid groups (broad SMARTS) is 2. The van der Waals surface area contributed by atoms with Gasteiger partial charge in [0.25, 0.3) is 0 Å². The van der Waals surface area contributed by atoms with E-state index in [9.17, 15) is 29.4 Å². The van der Waals surface area contributed by atoms with Crippen molar-refractivity contribution in [3.63, 3.8) is 0 Å². The number of carbonyl (C=O) groups excluding carboxylic acids is 2. The number of carbonyl (C=O) groups is 4. The Morgan fingerprint density at radius 3 is 2.62 bits per heavy atom. The standard InChI is InChI=1S/C26H34N10O7S2/c1-6-7-29-12(2)30-15-10-35(34(5)19(15)27)9-13-11-44-22-14(21(38)36(22)18(13)23(39)40)8-16(37)17(20-31-25(28)45-33-20)32-43-26(3,4)24(41)42/h10,14,22,27,29-30H,2,6-9,11H2,1,3-5H3,(H4,28,31,33,39,40,41,42)/p+1/b32-17+/t14-,22-/m1/s1. The average Bonchev–Trinajstić information content (AvgIpc) is 3.52. The van der Waals surface area contributed by atoms with Gasteiger partial charge in [0.2, 0.25) is 23.5 Å². The Kier molecular flexibility index (Phi) is 9.71. The van der Waals surface area contributed by atoms with Gasteiger partial charge in [-0.3, -0.25) is 14.5 Å². The van der Waals surface area contributed by atoms with E-state index in [0.717, 1.165) is 24.5 Å². The third-order valence-electron chi connectivity index (χ3n) is 7.08. The number of hydrogen-bond donors (Lipinski definition) is 6. The SMILES string of the molecule is C=C(NCCC)Nc1c[n+](CC2=C(C(=O)O)N3C(=O)[C@@H](CC(=O)/C(=N\OC(C)(C)C(=O)O)c4nsc(N)n4)[C@H]3SC2)n(C)c1N. The topological polar surface area (TPSA) is 244 Å². The van der Waals surface area contributed by atoms with Crippen LogP contribution in [0.3, 0.4) is 0 Å². The van der Waals surface area contributed by atoms with Crippen LogP contribution in [0.15, 0.2) is 35.0 Å². The normalized spacial score (nSPS) is 18.3. The van der Waals surface area contributed by atoms with Crippen LogP contribution in [0.2, 0.25) is 0 Å². The number of aliphatic carboxylic acids is 2. The number of nitrogens with zero attached hydrogens (tertiary/aromatic N) is 6. The number of carboxylic acids is 2. The Hall–Kier alpha value is -4.65. The number of aromatic nitrogens is 4. The second-order valence-electron chi connectivity index (χ2n) is 10.8. The lowest BCUT2D eigenvalue weighted by molar-refractivity contribution is -0.765. The molecule has 0 spiro atoms. The fourth-order valence-corrected chi connectivity index (χ4v) is 6.36. The van der Waals surface area contributed by atoms with E-state index in [0.29, 0.717) is 22.9 Å². The third kappa shape index (κ3) is 6.88. The van der Waals surface area contributed by atoms with Crippen molar-refractivity contribution in [2.75, 3.05) is 29.1 Å². The molecule has 242 valence electrons. The number of nitrogens with one attached hydrogen (secondary N) is 2. The first-order valence-corrected chi connectivity index (χ1v) is 15.5. The van der Waals surface area contributed by atoms with Gasteiger partial charge in [-0.15, -0.1) is 21.1 Å². The zero-order valence-corrected chi connectivity index (χ0v) is 26.7. The van der Waals surface area contributed by atoms with Crippen LogP contribution >= 0.6 is 23.3 Å². The van der Waals surface area contributed by atoms with Crippen LogP contribution < -0.4 is 26.8 Å². The number of oxime groups is 1. The molecule has 1 fully saturated rings. The maximum absolute atomic E-state index is 13.4. The lowest BCUT2D eigenvalue weighted by Gasteiger charge is -2.49. The van der Waals surface area contributed by atoms with Crippen LogP contribution in [-0.4, -0.2) is 81.8 Å². The van der Waals surface area contributed by atoms with Gasteiger partial charge in [0, 0.05) is 35.8 Å². The molecule has 2 atom stereocenters. The van der Waals surface area contributed by atoms with Crippen LogP contribution in [0.4, 0.5) is 16.6 Å². The van der Waals surface area contributed by atoms with Gasteiger partial charge >= 0.3 is 11.9 Å². The van der Waals surface area contributed by atoms with Gasteiger partial charge < -0.3 is 37.2 Å². The molecular weight excluding hydrogens is 628 g/mol. The van der Waals surface area contributed by atoms with Crippen molar-refractivity contribution in [1.29, 1.82) is 0 Å². The summed E-state index contributed by atoms with van der Waals surface area (Å²) in [6.07, 6.45) is 2.27. The van der Waals surface area contributed by atoms with Crippen molar-refractivity contribution >= 4 is 69.3 Å². The zero-order valence-electron chi connectivity index (χ0n) is 25.1. The van der Waals surface area contributed by atoms with Gasteiger partial charge in [0.15, 0.2) is 34.7 Å². The Morgan fingerprint density at radius 1 is 1.31 bits per heavy atom. The molecule has 17 nitrogen and oxygen atoms in total. The van der Waals surface area contributed by atoms with Crippen molar-refractivity contribution in [3.05, 3.63) is 35.7 Å². The third-order valence-corrected chi connectivity index (χ3v) is 9.02. The summed E-state index contributed by atoms with van der Waals surface area (Å²) in [5.41, 5.74) is 10.7. The molecule has 4 heterocycles. The lowest BCUT2D eigenvalue weighted by atomic mass is 9.89. The molecule has 2 aliphatic rings. The van der Waals surface area contributed by atoms with Crippen LogP contribution in [0, 0.1) is 5.92 Å². The summed E-state index contributed by atoms with van der Waals surface area (Å²) in [6, 6.07) is 0. The Balaban J connectivity index is 1.54. The molecule has 0 radical (unpaired) electrons. The minimum Gasteiger partial charge on any atom is -0.478 e. The average molecular weight is 664 g/mol. The molecule has 1 saturated heterocycles. The number of anilines is 3. The molecule has 0 aliphatic carbocycles. The van der Waals surface area contributed by atoms with Crippen LogP contribution in [0.1, 0.15) is 39.4 Å². The van der Waals surface area contributed by atoms with E-state index >= 15 is 0 Å². The number of rotatable bonds is 15. The minimum atomic E-state index is -1.77. The van der Waals surface area contributed by atoms with E-state index in [1.54, 1.807) is 22.6 Å². The second-order valence-corrected chi connectivity index (χ2v) is 12.7. The molecule has 2 aromatic heterocycles. The zero-order chi connectivity index (χ0) is 33.2. The van der Waals surface area contributed by atoms with E-state index in [4.69, 9.17) is 16.3 Å². The molecule has 45 heavy (non-hydrogen) atoms. The molecule has 8 N–H and O–H groups in total. The first kappa shape index (κ1) is 33.2. The van der Waals surface area contributed by atoms with Gasteiger partial charge in [0.05, 0.1) is 24.2 Å². The summed E-state index contributed by atoms with van der Waals surface area (Å²) >= 11 is 2.12. The Labute approximate surface area is 266 Å². The van der Waals surface area contributed by atoms with Crippen LogP contribution in [0.5, 0.6) is 0 Å². The number of β-lactam (4-membered cyclic amide) rings is 1. The number of ketones is 1. The van der Waals surface area contributed by atoms with Gasteiger partial charge in [0.1, 0.15) is 5.70 Å². The summed E-state index contributed by atoms with van der Waals surface area (Å²) in [4.78, 5) is 60.9. The van der Waals surface area contributed by atoms with Crippen molar-refractivity contribution in [2.24, 2.45) is 18.1 Å². The van der Waals surface area contributed by atoms with Crippen molar-refractivity contribution in [3.8, 4) is 0 Å². The smallest absolute Gasteiger partial charge is 0.352 e. The number of nitrogens with two attached hydrogens (primary N) is 2. The highest BCUT2D eigenvalue weighted by molar-refractivity contribution is 8.00. The van der Waals surface area contributed by atoms with Gasteiger partial charge in [-0.1, -0.05) is 18.7 Å². The van der Waals surface area contributed by atoms with Gasteiger partial charge in [-0.2, -0.15) is 9.36 Å². The van der Waals surface area contributed by atoms with Gasteiger partial charge in [-0.05, 0) is 20.3 Å². The Bertz CT molecular complexity index is 1610. The summed E-state index contributed by atoms with van der Waals surface area (Å²) in [5, 5.41) is 28.9. The predicted octanol–water partition coefficient (Wildman–Crippen LogP) is 0.325. The summed E-state index contributed by atoms with van der Waals surface area (Å²) < 4.78 is 7.36. The Morgan fingerprint density at radius 2 is 2.02 bits per heavy atom. The highest BCUT2D eigenvalue weighted by Crippen LogP contribution is 2.45. The van der Waals surface area contributed by atoms with Crippen molar-refractivity contribution < 1.29 is 38.9 Å². The first-order valence-electron chi connectivity index (χ1n) is 13.7. The number of Topliss-reactive ketones (excluding diaryl/α,β-unsaturated/α-hetero) is 1. The molecule has 0 aromatic carbocycles.